The Morgan fingerprint density at radius 1 is 0.402 bits per heavy atom. The van der Waals surface area contributed by atoms with E-state index in [2.05, 4.69) is 55.6 Å². The average molecular weight is 1300 g/mol. The molecule has 0 bridgehead atoms. The third-order valence-electron chi connectivity index (χ3n) is 18.9. The molecule has 11 heteroatoms. The van der Waals surface area contributed by atoms with Crippen molar-refractivity contribution < 1.29 is 49.3 Å². The lowest BCUT2D eigenvalue weighted by atomic mass is 9.99. The molecule has 540 valence electrons. The molecule has 6 N–H and O–H groups in total. The van der Waals surface area contributed by atoms with Crippen molar-refractivity contribution in [1.82, 2.24) is 5.32 Å². The van der Waals surface area contributed by atoms with Crippen LogP contribution in [-0.4, -0.2) is 100 Å². The van der Waals surface area contributed by atoms with E-state index in [1.807, 2.05) is 6.08 Å². The molecule has 11 nitrogen and oxygen atoms in total. The zero-order chi connectivity index (χ0) is 66.5. The van der Waals surface area contributed by atoms with Crippen molar-refractivity contribution in [3.63, 3.8) is 0 Å². The van der Waals surface area contributed by atoms with Gasteiger partial charge in [0.1, 0.15) is 24.4 Å². The Morgan fingerprint density at radius 2 is 0.728 bits per heavy atom. The second-order valence-corrected chi connectivity index (χ2v) is 27.8. The SMILES string of the molecule is CCCCCCCCC/C=C\CCCCCCCC(=O)OCCCCCCCCCCCCCCCCC/C=C\C/C=C\CCCCCCCCCCCCCCCCCCCC(=O)NC(COC1OC(CO)C(O)C(O)C1O)C(O)/C=C/CCCCCCCCC. The van der Waals surface area contributed by atoms with Crippen LogP contribution < -0.4 is 5.32 Å². The molecular formula is C81H151NO10. The first-order valence-electron chi connectivity index (χ1n) is 39.9. The van der Waals surface area contributed by atoms with E-state index >= 15 is 0 Å². The molecule has 1 amide bonds. The molecule has 7 atom stereocenters. The quantitative estimate of drug-likeness (QED) is 0.0195. The van der Waals surface area contributed by atoms with E-state index < -0.39 is 49.5 Å². The molecule has 1 heterocycles. The van der Waals surface area contributed by atoms with Crippen LogP contribution in [0.25, 0.3) is 0 Å². The maximum atomic E-state index is 13.0. The van der Waals surface area contributed by atoms with Gasteiger partial charge in [-0.05, 0) is 89.9 Å². The molecule has 1 rings (SSSR count). The summed E-state index contributed by atoms with van der Waals surface area (Å²) in [7, 11) is 0. The van der Waals surface area contributed by atoms with Gasteiger partial charge >= 0.3 is 5.97 Å². The summed E-state index contributed by atoms with van der Waals surface area (Å²) < 4.78 is 16.7. The number of rotatable bonds is 71. The lowest BCUT2D eigenvalue weighted by Gasteiger charge is -2.40. The summed E-state index contributed by atoms with van der Waals surface area (Å²) in [5.74, 6) is -0.172. The first kappa shape index (κ1) is 87.6. The normalized spacial score (nSPS) is 17.8. The van der Waals surface area contributed by atoms with Crippen LogP contribution in [0.15, 0.2) is 48.6 Å². The molecule has 0 aromatic carbocycles. The van der Waals surface area contributed by atoms with Gasteiger partial charge in [-0.1, -0.05) is 339 Å². The number of hydrogen-bond donors (Lipinski definition) is 6. The second-order valence-electron chi connectivity index (χ2n) is 27.8. The number of amides is 1. The van der Waals surface area contributed by atoms with E-state index in [9.17, 15) is 35.1 Å². The van der Waals surface area contributed by atoms with Gasteiger partial charge in [0.25, 0.3) is 0 Å². The van der Waals surface area contributed by atoms with E-state index in [0.717, 1.165) is 64.2 Å². The van der Waals surface area contributed by atoms with Gasteiger partial charge in [0, 0.05) is 12.8 Å². The van der Waals surface area contributed by atoms with Crippen molar-refractivity contribution >= 4 is 11.9 Å². The number of allylic oxidation sites excluding steroid dienone is 7. The number of hydrogen-bond acceptors (Lipinski definition) is 10. The molecule has 0 aliphatic carbocycles. The van der Waals surface area contributed by atoms with Gasteiger partial charge in [0.05, 0.1) is 32.0 Å². The van der Waals surface area contributed by atoms with Crippen molar-refractivity contribution in [3.05, 3.63) is 48.6 Å². The van der Waals surface area contributed by atoms with E-state index in [4.69, 9.17) is 14.2 Å². The number of unbranched alkanes of at least 4 members (excludes halogenated alkanes) is 51. The van der Waals surface area contributed by atoms with Crippen molar-refractivity contribution in [1.29, 1.82) is 0 Å². The van der Waals surface area contributed by atoms with Crippen LogP contribution in [-0.2, 0) is 23.8 Å². The number of carbonyl (C=O) groups excluding carboxylic acids is 2. The highest BCUT2D eigenvalue weighted by atomic mass is 16.7. The number of esters is 1. The van der Waals surface area contributed by atoms with E-state index in [-0.39, 0.29) is 18.5 Å². The predicted octanol–water partition coefficient (Wildman–Crippen LogP) is 21.5. The summed E-state index contributed by atoms with van der Waals surface area (Å²) in [5, 5.41) is 54.3. The number of nitrogens with one attached hydrogen (secondary N) is 1. The lowest BCUT2D eigenvalue weighted by molar-refractivity contribution is -0.302. The van der Waals surface area contributed by atoms with Crippen molar-refractivity contribution in [2.75, 3.05) is 19.8 Å². The third-order valence-corrected chi connectivity index (χ3v) is 18.9. The lowest BCUT2D eigenvalue weighted by Crippen LogP contribution is -2.60. The molecular weight excluding hydrogens is 1150 g/mol. The Hall–Kier alpha value is -2.38. The minimum absolute atomic E-state index is 0.00755. The monoisotopic (exact) mass is 1300 g/mol. The summed E-state index contributed by atoms with van der Waals surface area (Å²) in [6.45, 7) is 4.35. The van der Waals surface area contributed by atoms with Crippen LogP contribution in [0.1, 0.15) is 393 Å². The highest BCUT2D eigenvalue weighted by Gasteiger charge is 2.44. The summed E-state index contributed by atoms with van der Waals surface area (Å²) in [6.07, 6.45) is 83.1. The molecule has 1 aliphatic heterocycles. The van der Waals surface area contributed by atoms with Crippen LogP contribution in [0.4, 0.5) is 0 Å². The van der Waals surface area contributed by atoms with Crippen molar-refractivity contribution in [3.8, 4) is 0 Å². The first-order chi connectivity index (χ1) is 45.2. The number of ether oxygens (including phenoxy) is 3. The summed E-state index contributed by atoms with van der Waals surface area (Å²) in [4.78, 5) is 25.1. The van der Waals surface area contributed by atoms with Gasteiger partial charge in [0.2, 0.25) is 5.91 Å². The molecule has 1 fully saturated rings. The van der Waals surface area contributed by atoms with Crippen molar-refractivity contribution in [2.24, 2.45) is 0 Å². The fraction of sp³-hybridized carbons (Fsp3) is 0.877. The summed E-state index contributed by atoms with van der Waals surface area (Å²) >= 11 is 0. The minimum Gasteiger partial charge on any atom is -0.466 e. The van der Waals surface area contributed by atoms with Gasteiger partial charge in [0.15, 0.2) is 6.29 Å². The Balaban J connectivity index is 1.86. The topological polar surface area (TPSA) is 175 Å². The molecule has 0 aromatic rings. The molecule has 0 aromatic heterocycles. The Labute approximate surface area is 567 Å². The number of aliphatic hydroxyl groups is 5. The Morgan fingerprint density at radius 3 is 1.11 bits per heavy atom. The first-order valence-corrected chi connectivity index (χ1v) is 39.9. The number of aliphatic hydroxyl groups excluding tert-OH is 5. The fourth-order valence-corrected chi connectivity index (χ4v) is 12.6. The Bertz CT molecular complexity index is 1670. The maximum absolute atomic E-state index is 13.0. The van der Waals surface area contributed by atoms with Gasteiger partial charge in [-0.15, -0.1) is 0 Å². The zero-order valence-electron chi connectivity index (χ0n) is 60.3. The average Bonchev–Trinajstić information content (AvgIpc) is 0.909. The molecule has 0 radical (unpaired) electrons. The van der Waals surface area contributed by atoms with Crippen LogP contribution in [0.5, 0.6) is 0 Å². The smallest absolute Gasteiger partial charge is 0.305 e. The van der Waals surface area contributed by atoms with E-state index in [1.54, 1.807) is 6.08 Å². The zero-order valence-corrected chi connectivity index (χ0v) is 60.3. The van der Waals surface area contributed by atoms with E-state index in [1.165, 1.54) is 302 Å². The molecule has 1 saturated heterocycles. The van der Waals surface area contributed by atoms with Crippen LogP contribution >= 0.6 is 0 Å². The Kier molecular flexibility index (Phi) is 66.6. The van der Waals surface area contributed by atoms with Gasteiger partial charge in [-0.2, -0.15) is 0 Å². The second kappa shape index (κ2) is 70.0. The molecule has 0 spiro atoms. The summed E-state index contributed by atoms with van der Waals surface area (Å²) in [6, 6.07) is -0.807. The van der Waals surface area contributed by atoms with Crippen LogP contribution in [0, 0.1) is 0 Å². The standard InChI is InChI=1S/C81H151NO10/c1-3-5-7-9-11-13-14-15-16-43-46-49-53-57-61-65-69-77(86)90-70-66-62-58-54-50-47-44-41-39-37-35-33-31-29-27-25-23-21-19-17-18-20-22-24-26-28-30-32-34-36-38-40-42-45-48-52-56-60-64-68-76(85)82-73(74(84)67-63-59-55-51-12-10-8-6-4-2)72-91-81-80(89)79(88)78(87)75(71-83)92-81/h16-18,21,23,43,63,67,73-75,78-81,83-84,87-89H,3-15,19-20,22,24-42,44-62,64-66,68-72H2,1-2H3,(H,82,85)/b18-17-,23-21-,43-16-,67-63+. The largest absolute Gasteiger partial charge is 0.466 e. The number of carbonyl (C=O) groups is 2. The summed E-state index contributed by atoms with van der Waals surface area (Å²) in [5.41, 5.74) is 0. The molecule has 1 aliphatic rings. The third kappa shape index (κ3) is 57.8. The van der Waals surface area contributed by atoms with Crippen molar-refractivity contribution in [2.45, 2.75) is 436 Å². The van der Waals surface area contributed by atoms with Gasteiger partial charge in [-0.25, -0.2) is 0 Å². The molecule has 92 heavy (non-hydrogen) atoms. The molecule has 0 saturated carbocycles. The van der Waals surface area contributed by atoms with E-state index in [0.29, 0.717) is 19.4 Å². The minimum atomic E-state index is -1.57. The highest BCUT2D eigenvalue weighted by Crippen LogP contribution is 2.24. The maximum Gasteiger partial charge on any atom is 0.305 e. The van der Waals surface area contributed by atoms with Crippen LogP contribution in [0.3, 0.4) is 0 Å². The van der Waals surface area contributed by atoms with Gasteiger partial charge < -0.3 is 45.1 Å². The predicted molar refractivity (Wildman–Crippen MR) is 389 cm³/mol. The highest BCUT2D eigenvalue weighted by molar-refractivity contribution is 5.76. The fourth-order valence-electron chi connectivity index (χ4n) is 12.6. The van der Waals surface area contributed by atoms with Crippen LogP contribution in [0.2, 0.25) is 0 Å². The van der Waals surface area contributed by atoms with Gasteiger partial charge in [-0.3, -0.25) is 9.59 Å². The molecule has 7 unspecified atom stereocenters.